The van der Waals surface area contributed by atoms with Crippen LogP contribution in [0.15, 0.2) is 27.7 Å². The maximum atomic E-state index is 11.9. The number of aromatic nitrogens is 2. The zero-order chi connectivity index (χ0) is 18.8. The fraction of sp³-hybridized carbons (Fsp3) is 0.556. The van der Waals surface area contributed by atoms with E-state index in [-0.39, 0.29) is 11.3 Å². The third-order valence-electron chi connectivity index (χ3n) is 3.99. The highest BCUT2D eigenvalue weighted by molar-refractivity contribution is 7.99. The molecular weight excluding hydrogens is 352 g/mol. The SMILES string of the molecule is CCCc1cc(=O)[nH]c(SCC(=O)NC(=O)NCCC2=CCCCC2)n1. The number of hydrogen-bond donors (Lipinski definition) is 3. The number of carbonyl (C=O) groups is 2. The van der Waals surface area contributed by atoms with Gasteiger partial charge in [-0.15, -0.1) is 0 Å². The van der Waals surface area contributed by atoms with Crippen LogP contribution in [-0.4, -0.2) is 34.2 Å². The highest BCUT2D eigenvalue weighted by atomic mass is 32.2. The lowest BCUT2D eigenvalue weighted by Gasteiger charge is -2.13. The van der Waals surface area contributed by atoms with Crippen molar-refractivity contribution in [1.29, 1.82) is 0 Å². The van der Waals surface area contributed by atoms with Gasteiger partial charge in [0.1, 0.15) is 0 Å². The van der Waals surface area contributed by atoms with Crippen molar-refractivity contribution in [3.63, 3.8) is 0 Å². The summed E-state index contributed by atoms with van der Waals surface area (Å²) >= 11 is 1.10. The van der Waals surface area contributed by atoms with Gasteiger partial charge in [0.2, 0.25) is 5.91 Å². The minimum absolute atomic E-state index is 0.0110. The number of amides is 3. The molecule has 0 aromatic carbocycles. The van der Waals surface area contributed by atoms with Crippen molar-refractivity contribution in [3.8, 4) is 0 Å². The largest absolute Gasteiger partial charge is 0.337 e. The molecule has 3 N–H and O–H groups in total. The summed E-state index contributed by atoms with van der Waals surface area (Å²) in [5.74, 6) is -0.412. The van der Waals surface area contributed by atoms with Gasteiger partial charge in [0.15, 0.2) is 5.16 Å². The van der Waals surface area contributed by atoms with Crippen molar-refractivity contribution in [1.82, 2.24) is 20.6 Å². The summed E-state index contributed by atoms with van der Waals surface area (Å²) in [5, 5.41) is 5.38. The molecule has 0 saturated carbocycles. The van der Waals surface area contributed by atoms with Crippen molar-refractivity contribution in [2.45, 2.75) is 57.0 Å². The first-order chi connectivity index (χ1) is 12.6. The number of aryl methyl sites for hydroxylation is 1. The van der Waals surface area contributed by atoms with Gasteiger partial charge in [0, 0.05) is 18.3 Å². The van der Waals surface area contributed by atoms with E-state index >= 15 is 0 Å². The monoisotopic (exact) mass is 378 g/mol. The molecule has 2 rings (SSSR count). The van der Waals surface area contributed by atoms with Crippen LogP contribution in [0.2, 0.25) is 0 Å². The smallest absolute Gasteiger partial charge is 0.321 e. The number of rotatable bonds is 8. The number of hydrogen-bond acceptors (Lipinski definition) is 5. The predicted molar refractivity (Wildman–Crippen MR) is 102 cm³/mol. The number of urea groups is 1. The summed E-state index contributed by atoms with van der Waals surface area (Å²) in [6.07, 6.45) is 9.33. The van der Waals surface area contributed by atoms with Crippen LogP contribution in [0.1, 0.15) is 51.1 Å². The van der Waals surface area contributed by atoms with Crippen molar-refractivity contribution in [2.24, 2.45) is 0 Å². The molecule has 1 heterocycles. The van der Waals surface area contributed by atoms with E-state index in [2.05, 4.69) is 26.7 Å². The number of nitrogens with zero attached hydrogens (tertiary/aromatic N) is 1. The summed E-state index contributed by atoms with van der Waals surface area (Å²) in [7, 11) is 0. The zero-order valence-electron chi connectivity index (χ0n) is 15.1. The standard InChI is InChI=1S/C18H26N4O3S/c1-2-6-14-11-15(23)22-18(20-14)26-12-16(24)21-17(25)19-10-9-13-7-4-3-5-8-13/h7,11H,2-6,8-10,12H2,1H3,(H,20,22,23)(H2,19,21,24,25). The predicted octanol–water partition coefficient (Wildman–Crippen LogP) is 2.53. The third kappa shape index (κ3) is 7.43. The van der Waals surface area contributed by atoms with Crippen molar-refractivity contribution in [2.75, 3.05) is 12.3 Å². The van der Waals surface area contributed by atoms with E-state index < -0.39 is 11.9 Å². The molecule has 1 aliphatic carbocycles. The van der Waals surface area contributed by atoms with E-state index in [0.717, 1.165) is 37.4 Å². The quantitative estimate of drug-likeness (QED) is 0.366. The molecular formula is C18H26N4O3S. The number of imide groups is 1. The second kappa shape index (κ2) is 10.8. The molecule has 8 heteroatoms. The fourth-order valence-electron chi connectivity index (χ4n) is 2.75. The average Bonchev–Trinajstić information content (AvgIpc) is 2.61. The normalized spacial score (nSPS) is 13.8. The van der Waals surface area contributed by atoms with E-state index in [1.165, 1.54) is 24.5 Å². The number of carbonyl (C=O) groups excluding carboxylic acids is 2. The van der Waals surface area contributed by atoms with Crippen LogP contribution in [0, 0.1) is 0 Å². The van der Waals surface area contributed by atoms with Gasteiger partial charge in [-0.2, -0.15) is 0 Å². The van der Waals surface area contributed by atoms with Gasteiger partial charge in [0.25, 0.3) is 5.56 Å². The topological polar surface area (TPSA) is 104 Å². The molecule has 0 saturated heterocycles. The Morgan fingerprint density at radius 2 is 2.15 bits per heavy atom. The van der Waals surface area contributed by atoms with Crippen LogP contribution in [0.3, 0.4) is 0 Å². The van der Waals surface area contributed by atoms with Crippen LogP contribution in [0.5, 0.6) is 0 Å². The Labute approximate surface area is 157 Å². The molecule has 1 aliphatic rings. The fourth-order valence-corrected chi connectivity index (χ4v) is 3.44. The molecule has 0 radical (unpaired) electrons. The summed E-state index contributed by atoms with van der Waals surface area (Å²) in [4.78, 5) is 42.1. The van der Waals surface area contributed by atoms with Crippen LogP contribution < -0.4 is 16.2 Å². The average molecular weight is 378 g/mol. The second-order valence-electron chi connectivity index (χ2n) is 6.24. The Bertz CT molecular complexity index is 715. The molecule has 0 atom stereocenters. The van der Waals surface area contributed by atoms with Crippen LogP contribution in [-0.2, 0) is 11.2 Å². The van der Waals surface area contributed by atoms with E-state index in [1.54, 1.807) is 0 Å². The maximum Gasteiger partial charge on any atom is 0.321 e. The molecule has 0 fully saturated rings. The van der Waals surface area contributed by atoms with Gasteiger partial charge in [-0.1, -0.05) is 36.8 Å². The minimum Gasteiger partial charge on any atom is -0.337 e. The Kier molecular flexibility index (Phi) is 8.40. The maximum absolute atomic E-state index is 11.9. The molecule has 3 amide bonds. The van der Waals surface area contributed by atoms with E-state index in [4.69, 9.17) is 0 Å². The Hall–Kier alpha value is -2.09. The number of thioether (sulfide) groups is 1. The molecule has 1 aromatic rings. The molecule has 142 valence electrons. The molecule has 0 aliphatic heterocycles. The lowest BCUT2D eigenvalue weighted by molar-refractivity contribution is -0.117. The summed E-state index contributed by atoms with van der Waals surface area (Å²) in [6.45, 7) is 2.53. The van der Waals surface area contributed by atoms with Gasteiger partial charge in [-0.05, 0) is 38.5 Å². The number of aromatic amines is 1. The molecule has 0 bridgehead atoms. The first kappa shape index (κ1) is 20.2. The Morgan fingerprint density at radius 1 is 1.31 bits per heavy atom. The van der Waals surface area contributed by atoms with Gasteiger partial charge < -0.3 is 10.3 Å². The Morgan fingerprint density at radius 3 is 2.88 bits per heavy atom. The molecule has 0 spiro atoms. The first-order valence-corrected chi connectivity index (χ1v) is 10.0. The van der Waals surface area contributed by atoms with E-state index in [1.807, 2.05) is 6.92 Å². The molecule has 26 heavy (non-hydrogen) atoms. The number of allylic oxidation sites excluding steroid dienone is 1. The van der Waals surface area contributed by atoms with Gasteiger partial charge in [-0.3, -0.25) is 14.9 Å². The second-order valence-corrected chi connectivity index (χ2v) is 7.21. The number of nitrogens with one attached hydrogen (secondary N) is 3. The highest BCUT2D eigenvalue weighted by Gasteiger charge is 2.10. The summed E-state index contributed by atoms with van der Waals surface area (Å²) in [6, 6.07) is 0.969. The molecule has 7 nitrogen and oxygen atoms in total. The number of H-pyrrole nitrogens is 1. The van der Waals surface area contributed by atoms with E-state index in [0.29, 0.717) is 23.8 Å². The third-order valence-corrected chi connectivity index (χ3v) is 4.86. The van der Waals surface area contributed by atoms with Crippen LogP contribution >= 0.6 is 11.8 Å². The highest BCUT2D eigenvalue weighted by Crippen LogP contribution is 2.19. The van der Waals surface area contributed by atoms with Crippen molar-refractivity contribution < 1.29 is 9.59 Å². The summed E-state index contributed by atoms with van der Waals surface area (Å²) in [5.41, 5.74) is 1.84. The van der Waals surface area contributed by atoms with E-state index in [9.17, 15) is 14.4 Å². The zero-order valence-corrected chi connectivity index (χ0v) is 15.9. The van der Waals surface area contributed by atoms with Gasteiger partial charge in [0.05, 0.1) is 5.75 Å². The van der Waals surface area contributed by atoms with Crippen molar-refractivity contribution in [3.05, 3.63) is 33.8 Å². The summed E-state index contributed by atoms with van der Waals surface area (Å²) < 4.78 is 0. The lowest BCUT2D eigenvalue weighted by atomic mass is 9.97. The van der Waals surface area contributed by atoms with Gasteiger partial charge >= 0.3 is 6.03 Å². The van der Waals surface area contributed by atoms with Crippen LogP contribution in [0.4, 0.5) is 4.79 Å². The van der Waals surface area contributed by atoms with Crippen molar-refractivity contribution >= 4 is 23.7 Å². The molecule has 1 aromatic heterocycles. The first-order valence-electron chi connectivity index (χ1n) is 9.05. The Balaban J connectivity index is 1.70. The minimum atomic E-state index is -0.492. The van der Waals surface area contributed by atoms with Gasteiger partial charge in [-0.25, -0.2) is 9.78 Å². The van der Waals surface area contributed by atoms with Crippen LogP contribution in [0.25, 0.3) is 0 Å². The molecule has 0 unspecified atom stereocenters. The lowest BCUT2D eigenvalue weighted by Crippen LogP contribution is -2.40.